The smallest absolute Gasteiger partial charge is 0.441 e. The molecule has 0 saturated carbocycles. The van der Waals surface area contributed by atoms with Crippen molar-refractivity contribution >= 4 is 29.7 Å². The number of carboxylic acid groups (broad SMARTS) is 1. The number of esters is 1. The van der Waals surface area contributed by atoms with Crippen molar-refractivity contribution in [2.75, 3.05) is 19.4 Å². The number of carbonyl (C=O) groups is 3. The monoisotopic (exact) mass is 332 g/mol. The van der Waals surface area contributed by atoms with Crippen LogP contribution in [0.3, 0.4) is 0 Å². The van der Waals surface area contributed by atoms with Crippen LogP contribution in [-0.2, 0) is 14.3 Å². The van der Waals surface area contributed by atoms with E-state index in [0.29, 0.717) is 0 Å². The van der Waals surface area contributed by atoms with Gasteiger partial charge in [0.2, 0.25) is 0 Å². The van der Waals surface area contributed by atoms with E-state index in [9.17, 15) is 27.6 Å². The van der Waals surface area contributed by atoms with Gasteiger partial charge in [-0.05, 0) is 18.2 Å². The summed E-state index contributed by atoms with van der Waals surface area (Å²) in [5, 5.41) is 13.0. The lowest BCUT2D eigenvalue weighted by molar-refractivity contribution is -0.142. The first-order chi connectivity index (χ1) is 9.65. The highest BCUT2D eigenvalue weighted by molar-refractivity contribution is 8.00. The van der Waals surface area contributed by atoms with Crippen molar-refractivity contribution in [2.45, 2.75) is 24.4 Å². The average molecular weight is 332 g/mol. The molecule has 122 valence electrons. The Kier molecular flexibility index (Phi) is 8.58. The molecule has 2 amide bonds. The number of hydrogen-bond acceptors (Lipinski definition) is 5. The third-order valence-electron chi connectivity index (χ3n) is 2.12. The minimum absolute atomic E-state index is 0.188. The van der Waals surface area contributed by atoms with E-state index < -0.39 is 35.3 Å². The van der Waals surface area contributed by atoms with Crippen molar-refractivity contribution in [1.29, 1.82) is 0 Å². The van der Waals surface area contributed by atoms with E-state index in [2.05, 4.69) is 10.1 Å². The lowest BCUT2D eigenvalue weighted by Crippen LogP contribution is -2.46. The highest BCUT2D eigenvalue weighted by atomic mass is 32.2. The number of thioether (sulfide) groups is 1. The Morgan fingerprint density at radius 3 is 2.43 bits per heavy atom. The molecule has 0 unspecified atom stereocenters. The summed E-state index contributed by atoms with van der Waals surface area (Å²) in [6.45, 7) is -0.278. The number of aliphatic carboxylic acids is 1. The van der Waals surface area contributed by atoms with Gasteiger partial charge in [-0.1, -0.05) is 0 Å². The maximum atomic E-state index is 11.8. The van der Waals surface area contributed by atoms with Gasteiger partial charge in [-0.3, -0.25) is 4.79 Å². The second-order valence-corrected chi connectivity index (χ2v) is 4.86. The fourth-order valence-electron chi connectivity index (χ4n) is 1.16. The maximum Gasteiger partial charge on any atom is 0.441 e. The highest BCUT2D eigenvalue weighted by Gasteiger charge is 2.27. The van der Waals surface area contributed by atoms with E-state index in [0.717, 1.165) is 7.11 Å². The van der Waals surface area contributed by atoms with E-state index in [1.165, 1.54) is 0 Å². The largest absolute Gasteiger partial charge is 0.480 e. The van der Waals surface area contributed by atoms with Crippen LogP contribution in [0.25, 0.3) is 0 Å². The summed E-state index contributed by atoms with van der Waals surface area (Å²) in [6.07, 6.45) is -0.398. The first-order valence-corrected chi connectivity index (χ1v) is 6.69. The van der Waals surface area contributed by atoms with Gasteiger partial charge in [-0.15, -0.1) is 0 Å². The van der Waals surface area contributed by atoms with Crippen LogP contribution < -0.4 is 10.6 Å². The van der Waals surface area contributed by atoms with Crippen LogP contribution in [0.15, 0.2) is 0 Å². The summed E-state index contributed by atoms with van der Waals surface area (Å²) in [6, 6.07) is -2.26. The molecule has 3 N–H and O–H groups in total. The molecule has 0 aliphatic heterocycles. The Hall–Kier alpha value is -1.65. The standard InChI is InChI=1S/C10H15F3N2O5S/c1-20-7(16)3-2-6(8(17)18)15-9(19)14-4-5-21-10(11,12)13/h6H,2-5H2,1H3,(H,17,18)(H2,14,15,19)/t6-/m0/s1. The highest BCUT2D eigenvalue weighted by Crippen LogP contribution is 2.29. The summed E-state index contributed by atoms with van der Waals surface area (Å²) in [7, 11) is 1.14. The van der Waals surface area contributed by atoms with Gasteiger partial charge in [-0.2, -0.15) is 13.2 Å². The topological polar surface area (TPSA) is 105 Å². The Morgan fingerprint density at radius 2 is 1.95 bits per heavy atom. The molecule has 0 aromatic rings. The van der Waals surface area contributed by atoms with Crippen LogP contribution in [0, 0.1) is 0 Å². The zero-order valence-corrected chi connectivity index (χ0v) is 11.8. The summed E-state index contributed by atoms with van der Waals surface area (Å²) >= 11 is -0.302. The van der Waals surface area contributed by atoms with Crippen LogP contribution in [0.1, 0.15) is 12.8 Å². The maximum absolute atomic E-state index is 11.8. The van der Waals surface area contributed by atoms with Crippen LogP contribution in [0.5, 0.6) is 0 Å². The molecule has 0 rings (SSSR count). The van der Waals surface area contributed by atoms with Crippen molar-refractivity contribution in [2.24, 2.45) is 0 Å². The van der Waals surface area contributed by atoms with Crippen molar-refractivity contribution in [3.05, 3.63) is 0 Å². The third-order valence-corrected chi connectivity index (χ3v) is 2.86. The fraction of sp³-hybridized carbons (Fsp3) is 0.700. The number of hydrogen-bond donors (Lipinski definition) is 3. The summed E-state index contributed by atoms with van der Waals surface area (Å²) < 4.78 is 39.8. The van der Waals surface area contributed by atoms with Gasteiger partial charge < -0.3 is 20.5 Å². The number of ether oxygens (including phenoxy) is 1. The Labute approximate surface area is 122 Å². The molecule has 21 heavy (non-hydrogen) atoms. The molecule has 0 aliphatic rings. The second kappa shape index (κ2) is 9.32. The number of amides is 2. The molecule has 0 radical (unpaired) electrons. The van der Waals surface area contributed by atoms with Crippen LogP contribution >= 0.6 is 11.8 Å². The number of halogens is 3. The second-order valence-electron chi connectivity index (χ2n) is 3.70. The zero-order valence-electron chi connectivity index (χ0n) is 11.0. The number of methoxy groups -OCH3 is 1. The lowest BCUT2D eigenvalue weighted by atomic mass is 10.1. The van der Waals surface area contributed by atoms with Gasteiger partial charge in [0.15, 0.2) is 0 Å². The minimum Gasteiger partial charge on any atom is -0.480 e. The van der Waals surface area contributed by atoms with Crippen molar-refractivity contribution < 1.29 is 37.4 Å². The zero-order chi connectivity index (χ0) is 16.5. The molecular weight excluding hydrogens is 317 g/mol. The van der Waals surface area contributed by atoms with Crippen molar-refractivity contribution in [3.8, 4) is 0 Å². The van der Waals surface area contributed by atoms with Crippen LogP contribution in [0.2, 0.25) is 0 Å². The van der Waals surface area contributed by atoms with Gasteiger partial charge in [0.1, 0.15) is 6.04 Å². The molecule has 11 heteroatoms. The predicted molar refractivity (Wildman–Crippen MR) is 67.7 cm³/mol. The van der Waals surface area contributed by atoms with E-state index in [1.807, 2.05) is 5.32 Å². The number of rotatable bonds is 8. The van der Waals surface area contributed by atoms with Gasteiger partial charge >= 0.3 is 23.5 Å². The molecule has 0 heterocycles. The fourth-order valence-corrected chi connectivity index (χ4v) is 1.60. The minimum atomic E-state index is -4.39. The summed E-state index contributed by atoms with van der Waals surface area (Å²) in [4.78, 5) is 33.0. The molecule has 7 nitrogen and oxygen atoms in total. The van der Waals surface area contributed by atoms with Crippen LogP contribution in [-0.4, -0.2) is 54.0 Å². The van der Waals surface area contributed by atoms with Gasteiger partial charge in [0.25, 0.3) is 0 Å². The van der Waals surface area contributed by atoms with E-state index in [4.69, 9.17) is 5.11 Å². The Balaban J connectivity index is 4.06. The first-order valence-electron chi connectivity index (χ1n) is 5.70. The number of alkyl halides is 3. The number of nitrogens with one attached hydrogen (secondary N) is 2. The molecule has 0 aliphatic carbocycles. The number of urea groups is 1. The molecule has 0 spiro atoms. The SMILES string of the molecule is COC(=O)CC[C@H](NC(=O)NCCSC(F)(F)F)C(=O)O. The molecular formula is C10H15F3N2O5S. The van der Waals surface area contributed by atoms with Gasteiger partial charge in [0.05, 0.1) is 7.11 Å². The normalized spacial score (nSPS) is 12.4. The van der Waals surface area contributed by atoms with Gasteiger partial charge in [-0.25, -0.2) is 9.59 Å². The molecule has 0 saturated heterocycles. The Morgan fingerprint density at radius 1 is 1.33 bits per heavy atom. The molecule has 0 bridgehead atoms. The van der Waals surface area contributed by atoms with E-state index >= 15 is 0 Å². The third kappa shape index (κ3) is 10.8. The van der Waals surface area contributed by atoms with Crippen molar-refractivity contribution in [3.63, 3.8) is 0 Å². The predicted octanol–water partition coefficient (Wildman–Crippen LogP) is 0.945. The quantitative estimate of drug-likeness (QED) is 0.451. The average Bonchev–Trinajstić information content (AvgIpc) is 2.37. The van der Waals surface area contributed by atoms with E-state index in [-0.39, 0.29) is 31.1 Å². The van der Waals surface area contributed by atoms with Crippen molar-refractivity contribution in [1.82, 2.24) is 10.6 Å². The Bertz CT molecular complexity index is 378. The summed E-state index contributed by atoms with van der Waals surface area (Å²) in [5.74, 6) is -2.39. The molecule has 1 atom stereocenters. The number of carboxylic acids is 1. The first kappa shape index (κ1) is 19.4. The molecule has 0 aromatic heterocycles. The summed E-state index contributed by atoms with van der Waals surface area (Å²) in [5.41, 5.74) is -4.39. The molecule has 0 fully saturated rings. The van der Waals surface area contributed by atoms with Crippen LogP contribution in [0.4, 0.5) is 18.0 Å². The molecule has 0 aromatic carbocycles. The lowest BCUT2D eigenvalue weighted by Gasteiger charge is -2.14. The van der Waals surface area contributed by atoms with E-state index in [1.54, 1.807) is 0 Å². The van der Waals surface area contributed by atoms with Gasteiger partial charge in [0, 0.05) is 18.7 Å². The number of carbonyl (C=O) groups excluding carboxylic acids is 2.